The van der Waals surface area contributed by atoms with Gasteiger partial charge in [-0.3, -0.25) is 0 Å². The monoisotopic (exact) mass is 329 g/mol. The summed E-state index contributed by atoms with van der Waals surface area (Å²) in [5.74, 6) is -6.56. The van der Waals surface area contributed by atoms with Crippen LogP contribution in [0.25, 0.3) is 0 Å². The van der Waals surface area contributed by atoms with Crippen LogP contribution in [0.1, 0.15) is 32.6 Å². The summed E-state index contributed by atoms with van der Waals surface area (Å²) in [4.78, 5) is 0. The molecule has 10 heteroatoms. The highest BCUT2D eigenvalue weighted by Gasteiger charge is 2.69. The second kappa shape index (κ2) is 7.15. The van der Waals surface area contributed by atoms with E-state index in [2.05, 4.69) is 14.0 Å². The molecule has 1 aliphatic rings. The third-order valence-electron chi connectivity index (χ3n) is 3.49. The average molecular weight is 329 g/mol. The van der Waals surface area contributed by atoms with Gasteiger partial charge in [-0.1, -0.05) is 13.3 Å². The van der Waals surface area contributed by atoms with E-state index >= 15 is 0 Å². The SMILES string of the molecule is CCCC[N+]1(C)CCCC1.F[B-](F)(F)C(F)(F)C(F)(F)F. The Labute approximate surface area is 118 Å². The lowest BCUT2D eigenvalue weighted by Gasteiger charge is -2.28. The van der Waals surface area contributed by atoms with Gasteiger partial charge < -0.3 is 17.4 Å². The zero-order valence-electron chi connectivity index (χ0n) is 12.0. The summed E-state index contributed by atoms with van der Waals surface area (Å²) < 4.78 is 89.2. The Balaban J connectivity index is 0.000000382. The third-order valence-corrected chi connectivity index (χ3v) is 3.49. The van der Waals surface area contributed by atoms with Crippen LogP contribution in [0.3, 0.4) is 0 Å². The summed E-state index contributed by atoms with van der Waals surface area (Å²) >= 11 is 0. The molecule has 0 saturated carbocycles. The van der Waals surface area contributed by atoms with Crippen molar-refractivity contribution in [1.82, 2.24) is 0 Å². The first-order valence-electron chi connectivity index (χ1n) is 6.74. The van der Waals surface area contributed by atoms with E-state index in [9.17, 15) is 34.9 Å². The van der Waals surface area contributed by atoms with Crippen LogP contribution < -0.4 is 0 Å². The van der Waals surface area contributed by atoms with Crippen LogP contribution in [-0.4, -0.2) is 50.1 Å². The van der Waals surface area contributed by atoms with Gasteiger partial charge in [-0.05, 0) is 6.42 Å². The van der Waals surface area contributed by atoms with Crippen LogP contribution >= 0.6 is 0 Å². The number of rotatable bonds is 4. The van der Waals surface area contributed by atoms with E-state index in [0.29, 0.717) is 0 Å². The van der Waals surface area contributed by atoms with Gasteiger partial charge in [0.05, 0.1) is 26.7 Å². The Kier molecular flexibility index (Phi) is 6.97. The minimum Gasteiger partial charge on any atom is -0.445 e. The smallest absolute Gasteiger partial charge is 0.445 e. The van der Waals surface area contributed by atoms with Gasteiger partial charge in [0.1, 0.15) is 0 Å². The number of nitrogens with zero attached hydrogens (tertiary/aromatic N) is 1. The van der Waals surface area contributed by atoms with Crippen LogP contribution in [0.15, 0.2) is 0 Å². The second-order valence-electron chi connectivity index (χ2n) is 5.55. The van der Waals surface area contributed by atoms with Gasteiger partial charge >= 0.3 is 19.0 Å². The van der Waals surface area contributed by atoms with Gasteiger partial charge in [-0.2, -0.15) is 13.2 Å². The number of hydrogen-bond donors (Lipinski definition) is 0. The molecule has 1 saturated heterocycles. The number of unbranched alkanes of at least 4 members (excludes halogenated alkanes) is 1. The normalized spacial score (nSPS) is 19.1. The van der Waals surface area contributed by atoms with E-state index in [4.69, 9.17) is 0 Å². The molecule has 0 aliphatic carbocycles. The van der Waals surface area contributed by atoms with Crippen LogP contribution in [0.5, 0.6) is 0 Å². The molecule has 0 spiro atoms. The van der Waals surface area contributed by atoms with Crippen molar-refractivity contribution in [1.29, 1.82) is 0 Å². The van der Waals surface area contributed by atoms with Gasteiger partial charge in [-0.25, -0.2) is 8.78 Å². The maximum absolute atomic E-state index is 11.2. The molecule has 1 heterocycles. The molecule has 0 N–H and O–H groups in total. The van der Waals surface area contributed by atoms with E-state index in [1.165, 1.54) is 49.8 Å². The van der Waals surface area contributed by atoms with Crippen molar-refractivity contribution in [2.45, 2.75) is 44.6 Å². The summed E-state index contributed by atoms with van der Waals surface area (Å²) in [6.45, 7) is -0.654. The van der Waals surface area contributed by atoms with Gasteiger partial charge in [0.15, 0.2) is 0 Å². The van der Waals surface area contributed by atoms with E-state index in [-0.39, 0.29) is 0 Å². The quantitative estimate of drug-likeness (QED) is 0.402. The molecule has 0 radical (unpaired) electrons. The Hall–Kier alpha value is -0.535. The minimum absolute atomic E-state index is 1.36. The Morgan fingerprint density at radius 3 is 1.62 bits per heavy atom. The molecule has 1 aliphatic heterocycles. The highest BCUT2D eigenvalue weighted by atomic mass is 19.4. The van der Waals surface area contributed by atoms with Crippen molar-refractivity contribution in [3.05, 3.63) is 0 Å². The summed E-state index contributed by atoms with van der Waals surface area (Å²) in [5, 5.41) is 0. The number of likely N-dealkylation sites (tertiary alicyclic amines) is 1. The summed E-state index contributed by atoms with van der Waals surface area (Å²) in [6, 6.07) is 0. The molecule has 1 nitrogen and oxygen atoms in total. The highest BCUT2D eigenvalue weighted by molar-refractivity contribution is 6.61. The van der Waals surface area contributed by atoms with E-state index in [0.717, 1.165) is 0 Å². The van der Waals surface area contributed by atoms with Crippen molar-refractivity contribution in [3.63, 3.8) is 0 Å². The van der Waals surface area contributed by atoms with Crippen molar-refractivity contribution >= 4 is 6.98 Å². The molecule has 1 rings (SSSR count). The Morgan fingerprint density at radius 1 is 0.952 bits per heavy atom. The van der Waals surface area contributed by atoms with Crippen molar-refractivity contribution in [2.75, 3.05) is 26.7 Å². The zero-order chi connectivity index (χ0) is 16.9. The Bertz CT molecular complexity index is 290. The molecule has 0 amide bonds. The van der Waals surface area contributed by atoms with Crippen LogP contribution in [0.4, 0.5) is 34.9 Å². The summed E-state index contributed by atoms with van der Waals surface area (Å²) in [5.41, 5.74) is 0. The molecule has 0 aromatic heterocycles. The molecular formula is C11H20BF8N. The van der Waals surface area contributed by atoms with Crippen molar-refractivity contribution in [3.8, 4) is 0 Å². The fraction of sp³-hybridized carbons (Fsp3) is 1.00. The Morgan fingerprint density at radius 2 is 1.38 bits per heavy atom. The molecule has 0 bridgehead atoms. The molecule has 1 fully saturated rings. The molecule has 0 aromatic carbocycles. The maximum atomic E-state index is 11.2. The number of quaternary nitrogens is 1. The predicted octanol–water partition coefficient (Wildman–Crippen LogP) is 4.60. The van der Waals surface area contributed by atoms with Gasteiger partial charge in [-0.15, -0.1) is 0 Å². The van der Waals surface area contributed by atoms with Crippen LogP contribution in [0.2, 0.25) is 0 Å². The highest BCUT2D eigenvalue weighted by Crippen LogP contribution is 2.43. The van der Waals surface area contributed by atoms with E-state index < -0.39 is 19.0 Å². The fourth-order valence-electron chi connectivity index (χ4n) is 2.05. The molecule has 0 aromatic rings. The lowest BCUT2D eigenvalue weighted by Crippen LogP contribution is -2.53. The second-order valence-corrected chi connectivity index (χ2v) is 5.55. The molecule has 0 unspecified atom stereocenters. The van der Waals surface area contributed by atoms with E-state index in [1.54, 1.807) is 0 Å². The lowest BCUT2D eigenvalue weighted by molar-refractivity contribution is -0.897. The molecular weight excluding hydrogens is 309 g/mol. The average Bonchev–Trinajstić information content (AvgIpc) is 2.72. The van der Waals surface area contributed by atoms with Gasteiger partial charge in [0.2, 0.25) is 0 Å². The van der Waals surface area contributed by atoms with Crippen LogP contribution in [-0.2, 0) is 0 Å². The maximum Gasteiger partial charge on any atom is 0.558 e. The zero-order valence-corrected chi connectivity index (χ0v) is 12.0. The number of hydrogen-bond acceptors (Lipinski definition) is 0. The summed E-state index contributed by atoms with van der Waals surface area (Å²) in [6.07, 6.45) is -0.865. The first-order chi connectivity index (χ1) is 9.27. The minimum atomic E-state index is -7.21. The van der Waals surface area contributed by atoms with Gasteiger partial charge in [0.25, 0.3) is 0 Å². The van der Waals surface area contributed by atoms with Gasteiger partial charge in [0, 0.05) is 12.8 Å². The topological polar surface area (TPSA) is 0 Å². The van der Waals surface area contributed by atoms with Crippen LogP contribution in [0, 0.1) is 0 Å². The first kappa shape index (κ1) is 20.5. The third kappa shape index (κ3) is 6.00. The lowest BCUT2D eigenvalue weighted by atomic mass is 9.80. The predicted molar refractivity (Wildman–Crippen MR) is 65.0 cm³/mol. The standard InChI is InChI=1S/C9H20N.C2BF8/c1-3-4-7-10(2)8-5-6-9-10;4-1(5,2(6,7)8)3(9,10)11/h3-9H2,1-2H3;/q+1;-1. The number of alkyl halides is 5. The molecule has 21 heavy (non-hydrogen) atoms. The number of halogens is 8. The van der Waals surface area contributed by atoms with Crippen molar-refractivity contribution in [2.24, 2.45) is 0 Å². The fourth-order valence-corrected chi connectivity index (χ4v) is 2.05. The largest absolute Gasteiger partial charge is 0.558 e. The van der Waals surface area contributed by atoms with Crippen molar-refractivity contribution < 1.29 is 39.4 Å². The summed E-state index contributed by atoms with van der Waals surface area (Å²) in [7, 11) is 2.41. The van der Waals surface area contributed by atoms with E-state index in [1.807, 2.05) is 0 Å². The molecule has 128 valence electrons. The molecule has 0 atom stereocenters. The first-order valence-corrected chi connectivity index (χ1v) is 6.74.